The Labute approximate surface area is 78.9 Å². The van der Waals surface area contributed by atoms with Gasteiger partial charge in [0.25, 0.3) is 0 Å². The number of aliphatic hydroxyl groups is 1. The van der Waals surface area contributed by atoms with Crippen molar-refractivity contribution in [3.63, 3.8) is 0 Å². The van der Waals surface area contributed by atoms with Crippen LogP contribution < -0.4 is 0 Å². The average Bonchev–Trinajstić information content (AvgIpc) is 2.03. The maximum atomic E-state index is 9.17. The first-order valence-electron chi connectivity index (χ1n) is 4.59. The van der Waals surface area contributed by atoms with Crippen LogP contribution in [0, 0.1) is 0 Å². The molecule has 0 bridgehead atoms. The molecule has 0 aliphatic carbocycles. The Morgan fingerprint density at radius 2 is 2.08 bits per heavy atom. The van der Waals surface area contributed by atoms with Crippen molar-refractivity contribution in [1.82, 2.24) is 9.97 Å². The molecule has 0 aromatic carbocycles. The van der Waals surface area contributed by atoms with Crippen molar-refractivity contribution in [2.45, 2.75) is 39.2 Å². The Morgan fingerprint density at radius 3 is 2.62 bits per heavy atom. The van der Waals surface area contributed by atoms with E-state index in [0.717, 1.165) is 11.5 Å². The number of aliphatic hydroxyl groups excluding tert-OH is 1. The number of hydrogen-bond donors (Lipinski definition) is 1. The first-order valence-corrected chi connectivity index (χ1v) is 4.59. The molecule has 1 aromatic heterocycles. The summed E-state index contributed by atoms with van der Waals surface area (Å²) in [6.45, 7) is 5.88. The third-order valence-corrected chi connectivity index (χ3v) is 1.75. The van der Waals surface area contributed by atoms with Gasteiger partial charge < -0.3 is 5.11 Å². The van der Waals surface area contributed by atoms with Crippen LogP contribution in [-0.2, 0) is 6.42 Å². The van der Waals surface area contributed by atoms with Crippen molar-refractivity contribution in [1.29, 1.82) is 0 Å². The third kappa shape index (κ3) is 3.11. The van der Waals surface area contributed by atoms with Crippen molar-refractivity contribution in [3.8, 4) is 0 Å². The minimum atomic E-state index is -0.338. The van der Waals surface area contributed by atoms with Crippen LogP contribution in [-0.4, -0.2) is 21.2 Å². The fourth-order valence-corrected chi connectivity index (χ4v) is 1.11. The Bertz CT molecular complexity index is 271. The van der Waals surface area contributed by atoms with Gasteiger partial charge in [0.15, 0.2) is 0 Å². The number of nitrogens with zero attached hydrogens (tertiary/aromatic N) is 2. The zero-order chi connectivity index (χ0) is 9.84. The summed E-state index contributed by atoms with van der Waals surface area (Å²) in [4.78, 5) is 8.49. The lowest BCUT2D eigenvalue weighted by molar-refractivity contribution is 0.194. The molecule has 1 N–H and O–H groups in total. The molecule has 72 valence electrons. The molecule has 1 atom stereocenters. The van der Waals surface area contributed by atoms with Gasteiger partial charge in [-0.1, -0.05) is 13.8 Å². The number of hydrogen-bond acceptors (Lipinski definition) is 3. The Balaban J connectivity index is 2.79. The van der Waals surface area contributed by atoms with Gasteiger partial charge in [-0.25, -0.2) is 9.97 Å². The molecule has 13 heavy (non-hydrogen) atoms. The van der Waals surface area contributed by atoms with Crippen LogP contribution in [0.2, 0.25) is 0 Å². The minimum absolute atomic E-state index is 0.338. The van der Waals surface area contributed by atoms with Crippen LogP contribution in [0.4, 0.5) is 0 Å². The molecule has 0 saturated heterocycles. The first-order chi connectivity index (χ1) is 6.09. The summed E-state index contributed by atoms with van der Waals surface area (Å²) in [5.74, 6) is 1.19. The van der Waals surface area contributed by atoms with E-state index in [0.29, 0.717) is 12.3 Å². The molecule has 1 aromatic rings. The van der Waals surface area contributed by atoms with Crippen molar-refractivity contribution in [3.05, 3.63) is 23.8 Å². The standard InChI is InChI=1S/C10H16N2O/c1-7(2)10-11-5-4-9(12-10)6-8(3)13/h4-5,7-8,13H,6H2,1-3H3. The van der Waals surface area contributed by atoms with Gasteiger partial charge in [0.1, 0.15) is 5.82 Å². The summed E-state index contributed by atoms with van der Waals surface area (Å²) in [6, 6.07) is 1.85. The van der Waals surface area contributed by atoms with Crippen LogP contribution in [0.25, 0.3) is 0 Å². The SMILES string of the molecule is CC(O)Cc1ccnc(C(C)C)n1. The van der Waals surface area contributed by atoms with E-state index in [4.69, 9.17) is 0 Å². The summed E-state index contributed by atoms with van der Waals surface area (Å²) in [5.41, 5.74) is 0.911. The Morgan fingerprint density at radius 1 is 1.38 bits per heavy atom. The fraction of sp³-hybridized carbons (Fsp3) is 0.600. The highest BCUT2D eigenvalue weighted by molar-refractivity contribution is 5.05. The predicted molar refractivity (Wildman–Crippen MR) is 51.5 cm³/mol. The minimum Gasteiger partial charge on any atom is -0.393 e. The Kier molecular flexibility index (Phi) is 3.37. The van der Waals surface area contributed by atoms with Gasteiger partial charge in [0.05, 0.1) is 6.10 Å². The van der Waals surface area contributed by atoms with E-state index < -0.39 is 0 Å². The van der Waals surface area contributed by atoms with Crippen LogP contribution in [0.1, 0.15) is 38.2 Å². The summed E-state index contributed by atoms with van der Waals surface area (Å²) >= 11 is 0. The molecule has 1 heterocycles. The highest BCUT2D eigenvalue weighted by Gasteiger charge is 2.05. The smallest absolute Gasteiger partial charge is 0.131 e. The number of aromatic nitrogens is 2. The summed E-state index contributed by atoms with van der Waals surface area (Å²) in [5, 5.41) is 9.17. The zero-order valence-corrected chi connectivity index (χ0v) is 8.36. The predicted octanol–water partition coefficient (Wildman–Crippen LogP) is 1.52. The second-order valence-corrected chi connectivity index (χ2v) is 3.61. The average molecular weight is 180 g/mol. The molecule has 0 radical (unpaired) electrons. The molecule has 0 spiro atoms. The van der Waals surface area contributed by atoms with E-state index in [1.165, 1.54) is 0 Å². The van der Waals surface area contributed by atoms with Gasteiger partial charge in [-0.15, -0.1) is 0 Å². The van der Waals surface area contributed by atoms with Crippen molar-refractivity contribution >= 4 is 0 Å². The lowest BCUT2D eigenvalue weighted by atomic mass is 10.2. The molecular formula is C10H16N2O. The van der Waals surface area contributed by atoms with Crippen molar-refractivity contribution in [2.75, 3.05) is 0 Å². The largest absolute Gasteiger partial charge is 0.393 e. The van der Waals surface area contributed by atoms with E-state index >= 15 is 0 Å². The zero-order valence-electron chi connectivity index (χ0n) is 8.36. The van der Waals surface area contributed by atoms with Crippen LogP contribution in [0.15, 0.2) is 12.3 Å². The molecule has 1 unspecified atom stereocenters. The molecule has 0 aliphatic rings. The van der Waals surface area contributed by atoms with Crippen LogP contribution >= 0.6 is 0 Å². The van der Waals surface area contributed by atoms with Crippen molar-refractivity contribution < 1.29 is 5.11 Å². The second-order valence-electron chi connectivity index (χ2n) is 3.61. The second kappa shape index (κ2) is 4.33. The lowest BCUT2D eigenvalue weighted by Gasteiger charge is -2.07. The van der Waals surface area contributed by atoms with Gasteiger partial charge >= 0.3 is 0 Å². The Hall–Kier alpha value is -0.960. The maximum absolute atomic E-state index is 9.17. The van der Waals surface area contributed by atoms with E-state index in [-0.39, 0.29) is 6.10 Å². The fourth-order valence-electron chi connectivity index (χ4n) is 1.11. The summed E-state index contributed by atoms with van der Waals surface area (Å²) in [7, 11) is 0. The topological polar surface area (TPSA) is 46.0 Å². The van der Waals surface area contributed by atoms with E-state index in [9.17, 15) is 5.11 Å². The number of rotatable bonds is 3. The third-order valence-electron chi connectivity index (χ3n) is 1.75. The van der Waals surface area contributed by atoms with Gasteiger partial charge in [-0.05, 0) is 13.0 Å². The lowest BCUT2D eigenvalue weighted by Crippen LogP contribution is -2.08. The highest BCUT2D eigenvalue weighted by atomic mass is 16.3. The first kappa shape index (κ1) is 10.1. The van der Waals surface area contributed by atoms with Crippen LogP contribution in [0.5, 0.6) is 0 Å². The maximum Gasteiger partial charge on any atom is 0.131 e. The molecule has 0 amide bonds. The normalized spacial score (nSPS) is 13.3. The van der Waals surface area contributed by atoms with Gasteiger partial charge in [0.2, 0.25) is 0 Å². The highest BCUT2D eigenvalue weighted by Crippen LogP contribution is 2.09. The van der Waals surface area contributed by atoms with Crippen LogP contribution in [0.3, 0.4) is 0 Å². The molecule has 3 heteroatoms. The van der Waals surface area contributed by atoms with E-state index in [2.05, 4.69) is 23.8 Å². The molecular weight excluding hydrogens is 164 g/mol. The molecule has 0 aliphatic heterocycles. The monoisotopic (exact) mass is 180 g/mol. The van der Waals surface area contributed by atoms with Gasteiger partial charge in [-0.3, -0.25) is 0 Å². The van der Waals surface area contributed by atoms with E-state index in [1.54, 1.807) is 13.1 Å². The quantitative estimate of drug-likeness (QED) is 0.767. The molecule has 3 nitrogen and oxygen atoms in total. The van der Waals surface area contributed by atoms with Gasteiger partial charge in [0, 0.05) is 24.2 Å². The van der Waals surface area contributed by atoms with E-state index in [1.807, 2.05) is 6.07 Å². The summed E-state index contributed by atoms with van der Waals surface area (Å²) < 4.78 is 0. The molecule has 0 fully saturated rings. The van der Waals surface area contributed by atoms with Crippen molar-refractivity contribution in [2.24, 2.45) is 0 Å². The molecule has 1 rings (SSSR count). The van der Waals surface area contributed by atoms with Gasteiger partial charge in [-0.2, -0.15) is 0 Å². The molecule has 0 saturated carbocycles. The summed E-state index contributed by atoms with van der Waals surface area (Å²) in [6.07, 6.45) is 2.01.